The standard InChI is InChI=1S/C16H16Cl2N2S/c17-12-7-6-10(8-13(12)18)9-15-19-14-5-3-1-2-4-11(14)16(21)20-15/h6-8H,1-5,9H2,(H,19,20,21). The molecule has 1 aliphatic carbocycles. The molecule has 0 bridgehead atoms. The van der Waals surface area contributed by atoms with Crippen molar-refractivity contribution in [1.29, 1.82) is 0 Å². The van der Waals surface area contributed by atoms with Gasteiger partial charge in [0.15, 0.2) is 0 Å². The molecule has 3 rings (SSSR count). The normalized spacial score (nSPS) is 14.6. The van der Waals surface area contributed by atoms with Crippen molar-refractivity contribution in [2.45, 2.75) is 38.5 Å². The van der Waals surface area contributed by atoms with Crippen LogP contribution in [-0.4, -0.2) is 9.97 Å². The number of aryl methyl sites for hydroxylation is 1. The summed E-state index contributed by atoms with van der Waals surface area (Å²) in [4.78, 5) is 8.03. The highest BCUT2D eigenvalue weighted by molar-refractivity contribution is 7.71. The van der Waals surface area contributed by atoms with Crippen molar-refractivity contribution in [3.05, 3.63) is 55.5 Å². The first-order valence-corrected chi connectivity index (χ1v) is 8.35. The molecule has 0 saturated carbocycles. The molecule has 1 heterocycles. The lowest BCUT2D eigenvalue weighted by Gasteiger charge is -2.10. The summed E-state index contributed by atoms with van der Waals surface area (Å²) >= 11 is 17.5. The first-order valence-electron chi connectivity index (χ1n) is 7.18. The Labute approximate surface area is 139 Å². The van der Waals surface area contributed by atoms with Gasteiger partial charge < -0.3 is 4.98 Å². The van der Waals surface area contributed by atoms with Gasteiger partial charge in [-0.1, -0.05) is 47.9 Å². The van der Waals surface area contributed by atoms with E-state index in [0.717, 1.165) is 28.9 Å². The molecule has 0 amide bonds. The molecule has 0 aliphatic heterocycles. The summed E-state index contributed by atoms with van der Waals surface area (Å²) in [6.45, 7) is 0. The van der Waals surface area contributed by atoms with Crippen molar-refractivity contribution in [3.63, 3.8) is 0 Å². The second-order valence-corrected chi connectivity index (χ2v) is 6.63. The third-order valence-electron chi connectivity index (χ3n) is 3.86. The summed E-state index contributed by atoms with van der Waals surface area (Å²) < 4.78 is 0.751. The zero-order valence-electron chi connectivity index (χ0n) is 11.6. The van der Waals surface area contributed by atoms with Gasteiger partial charge in [0, 0.05) is 17.7 Å². The zero-order chi connectivity index (χ0) is 14.8. The Balaban J connectivity index is 1.92. The van der Waals surface area contributed by atoms with E-state index in [0.29, 0.717) is 16.5 Å². The molecule has 5 heteroatoms. The van der Waals surface area contributed by atoms with Crippen molar-refractivity contribution in [2.24, 2.45) is 0 Å². The summed E-state index contributed by atoms with van der Waals surface area (Å²) in [5, 5.41) is 1.14. The Bertz CT molecular complexity index is 725. The second-order valence-electron chi connectivity index (χ2n) is 5.43. The largest absolute Gasteiger partial charge is 0.347 e. The van der Waals surface area contributed by atoms with Gasteiger partial charge in [0.2, 0.25) is 0 Å². The fraction of sp³-hybridized carbons (Fsp3) is 0.375. The molecule has 21 heavy (non-hydrogen) atoms. The Kier molecular flexibility index (Phi) is 4.63. The summed E-state index contributed by atoms with van der Waals surface area (Å²) in [7, 11) is 0. The van der Waals surface area contributed by atoms with E-state index in [9.17, 15) is 0 Å². The number of nitrogens with zero attached hydrogens (tertiary/aromatic N) is 1. The zero-order valence-corrected chi connectivity index (χ0v) is 13.9. The third-order valence-corrected chi connectivity index (χ3v) is 4.94. The number of hydrogen-bond donors (Lipinski definition) is 1. The molecule has 1 aromatic heterocycles. The van der Waals surface area contributed by atoms with Crippen LogP contribution in [0.5, 0.6) is 0 Å². The average molecular weight is 339 g/mol. The molecule has 0 unspecified atom stereocenters. The minimum absolute atomic E-state index is 0.572. The van der Waals surface area contributed by atoms with Crippen LogP contribution in [0.15, 0.2) is 18.2 Å². The molecule has 0 saturated heterocycles. The van der Waals surface area contributed by atoms with E-state index >= 15 is 0 Å². The van der Waals surface area contributed by atoms with Gasteiger partial charge in [-0.15, -0.1) is 0 Å². The van der Waals surface area contributed by atoms with E-state index in [1.165, 1.54) is 30.5 Å². The van der Waals surface area contributed by atoms with Gasteiger partial charge >= 0.3 is 0 Å². The maximum Gasteiger partial charge on any atom is 0.133 e. The second kappa shape index (κ2) is 6.47. The molecule has 2 nitrogen and oxygen atoms in total. The Hall–Kier alpha value is -0.900. The minimum atomic E-state index is 0.572. The van der Waals surface area contributed by atoms with Crippen LogP contribution < -0.4 is 0 Å². The number of benzene rings is 1. The quantitative estimate of drug-likeness (QED) is 0.594. The third kappa shape index (κ3) is 3.47. The minimum Gasteiger partial charge on any atom is -0.347 e. The van der Waals surface area contributed by atoms with Crippen molar-refractivity contribution < 1.29 is 0 Å². The lowest BCUT2D eigenvalue weighted by Crippen LogP contribution is -2.05. The van der Waals surface area contributed by atoms with Crippen molar-refractivity contribution in [1.82, 2.24) is 9.97 Å². The van der Waals surface area contributed by atoms with E-state index in [-0.39, 0.29) is 0 Å². The lowest BCUT2D eigenvalue weighted by atomic mass is 10.1. The Morgan fingerprint density at radius 2 is 1.90 bits per heavy atom. The number of aromatic nitrogens is 2. The molecule has 110 valence electrons. The summed E-state index contributed by atoms with van der Waals surface area (Å²) in [6, 6.07) is 5.67. The fourth-order valence-corrected chi connectivity index (χ4v) is 3.43. The fourth-order valence-electron chi connectivity index (χ4n) is 2.77. The van der Waals surface area contributed by atoms with Gasteiger partial charge in [0.25, 0.3) is 0 Å². The van der Waals surface area contributed by atoms with Crippen molar-refractivity contribution in [3.8, 4) is 0 Å². The van der Waals surface area contributed by atoms with E-state index in [1.54, 1.807) is 0 Å². The molecule has 0 atom stereocenters. The first-order chi connectivity index (χ1) is 10.1. The average Bonchev–Trinajstić information content (AvgIpc) is 2.69. The number of halogens is 2. The highest BCUT2D eigenvalue weighted by atomic mass is 35.5. The number of hydrogen-bond acceptors (Lipinski definition) is 2. The van der Waals surface area contributed by atoms with E-state index in [4.69, 9.17) is 35.4 Å². The summed E-state index contributed by atoms with van der Waals surface area (Å²) in [5.74, 6) is 0.902. The van der Waals surface area contributed by atoms with Crippen LogP contribution >= 0.6 is 35.4 Å². The lowest BCUT2D eigenvalue weighted by molar-refractivity contribution is 0.708. The topological polar surface area (TPSA) is 28.7 Å². The predicted octanol–water partition coefficient (Wildman–Crippen LogP) is 5.31. The monoisotopic (exact) mass is 338 g/mol. The highest BCUT2D eigenvalue weighted by Gasteiger charge is 2.12. The van der Waals surface area contributed by atoms with Crippen molar-refractivity contribution >= 4 is 35.4 Å². The smallest absolute Gasteiger partial charge is 0.133 e. The van der Waals surface area contributed by atoms with Crippen LogP contribution in [0.2, 0.25) is 10.0 Å². The molecular formula is C16H16Cl2N2S. The highest BCUT2D eigenvalue weighted by Crippen LogP contribution is 2.24. The summed E-state index contributed by atoms with van der Waals surface area (Å²) in [6.07, 6.45) is 6.49. The number of H-pyrrole nitrogens is 1. The molecule has 0 fully saturated rings. The molecular weight excluding hydrogens is 323 g/mol. The predicted molar refractivity (Wildman–Crippen MR) is 89.9 cm³/mol. The maximum absolute atomic E-state index is 6.07. The van der Waals surface area contributed by atoms with Gasteiger partial charge in [-0.25, -0.2) is 4.98 Å². The maximum atomic E-state index is 6.07. The van der Waals surface area contributed by atoms with E-state index < -0.39 is 0 Å². The molecule has 1 aliphatic rings. The first kappa shape index (κ1) is 15.0. The number of nitrogens with one attached hydrogen (secondary N) is 1. The Morgan fingerprint density at radius 3 is 2.71 bits per heavy atom. The van der Waals surface area contributed by atoms with E-state index in [1.807, 2.05) is 18.2 Å². The van der Waals surface area contributed by atoms with Gasteiger partial charge in [-0.05, 0) is 43.4 Å². The van der Waals surface area contributed by atoms with Crippen molar-refractivity contribution in [2.75, 3.05) is 0 Å². The molecule has 0 radical (unpaired) electrons. The van der Waals surface area contributed by atoms with Gasteiger partial charge in [-0.2, -0.15) is 0 Å². The van der Waals surface area contributed by atoms with Crippen LogP contribution in [0.3, 0.4) is 0 Å². The number of rotatable bonds is 2. The van der Waals surface area contributed by atoms with Gasteiger partial charge in [0.05, 0.1) is 10.0 Å². The van der Waals surface area contributed by atoms with Crippen LogP contribution in [-0.2, 0) is 19.3 Å². The SMILES string of the molecule is S=c1nc(Cc2ccc(Cl)c(Cl)c2)[nH]c2c1CCCCC2. The molecule has 2 aromatic rings. The number of aromatic amines is 1. The number of fused-ring (bicyclic) bond motifs is 1. The van der Waals surface area contributed by atoms with Crippen LogP contribution in [0.4, 0.5) is 0 Å². The van der Waals surface area contributed by atoms with Gasteiger partial charge in [-0.3, -0.25) is 0 Å². The van der Waals surface area contributed by atoms with Crippen LogP contribution in [0.25, 0.3) is 0 Å². The van der Waals surface area contributed by atoms with Crippen LogP contribution in [0.1, 0.15) is 41.9 Å². The summed E-state index contributed by atoms with van der Waals surface area (Å²) in [5.41, 5.74) is 3.58. The molecule has 1 aromatic carbocycles. The van der Waals surface area contributed by atoms with Gasteiger partial charge in [0.1, 0.15) is 10.5 Å². The van der Waals surface area contributed by atoms with E-state index in [2.05, 4.69) is 9.97 Å². The Morgan fingerprint density at radius 1 is 1.10 bits per heavy atom. The molecule has 0 spiro atoms. The van der Waals surface area contributed by atoms with Crippen LogP contribution in [0, 0.1) is 4.64 Å². The molecule has 1 N–H and O–H groups in total.